The van der Waals surface area contributed by atoms with Crippen LogP contribution in [0.3, 0.4) is 0 Å². The molecule has 2 atom stereocenters. The first kappa shape index (κ1) is 20.2. The minimum Gasteiger partial charge on any atom is -0.335 e. The van der Waals surface area contributed by atoms with Gasteiger partial charge in [-0.2, -0.15) is 9.78 Å². The van der Waals surface area contributed by atoms with Crippen molar-refractivity contribution in [1.82, 2.24) is 24.6 Å². The van der Waals surface area contributed by atoms with E-state index in [0.717, 1.165) is 35.4 Å². The molecule has 0 unspecified atom stereocenters. The second-order valence-corrected chi connectivity index (χ2v) is 9.74. The smallest absolute Gasteiger partial charge is 0.258 e. The monoisotopic (exact) mass is 459 g/mol. The fourth-order valence-electron chi connectivity index (χ4n) is 5.07. The zero-order chi connectivity index (χ0) is 22.5. The molecular weight excluding hydrogens is 437 g/mol. The summed E-state index contributed by atoms with van der Waals surface area (Å²) in [7, 11) is 0. The van der Waals surface area contributed by atoms with Gasteiger partial charge >= 0.3 is 0 Å². The van der Waals surface area contributed by atoms with Crippen molar-refractivity contribution < 1.29 is 9.18 Å². The van der Waals surface area contributed by atoms with Gasteiger partial charge in [-0.15, -0.1) is 11.3 Å². The second kappa shape index (κ2) is 7.88. The predicted molar refractivity (Wildman–Crippen MR) is 125 cm³/mol. The number of rotatable bonds is 4. The number of nitrogens with zero attached hydrogens (tertiary/aromatic N) is 5. The van der Waals surface area contributed by atoms with E-state index in [9.17, 15) is 9.18 Å². The Kier molecular flexibility index (Phi) is 4.83. The summed E-state index contributed by atoms with van der Waals surface area (Å²) in [6, 6.07) is 10.5. The third-order valence-corrected chi connectivity index (χ3v) is 7.57. The molecule has 0 radical (unpaired) electrons. The van der Waals surface area contributed by atoms with Gasteiger partial charge in [0, 0.05) is 24.3 Å². The molecule has 0 spiro atoms. The number of halogens is 1. The average Bonchev–Trinajstić information content (AvgIpc) is 3.63. The molecule has 4 heterocycles. The Balaban J connectivity index is 1.45. The number of benzene rings is 1. The lowest BCUT2D eigenvalue weighted by Crippen LogP contribution is -2.37. The van der Waals surface area contributed by atoms with E-state index in [1.165, 1.54) is 18.6 Å². The summed E-state index contributed by atoms with van der Waals surface area (Å²) in [5, 5.41) is 6.55. The van der Waals surface area contributed by atoms with E-state index in [1.54, 1.807) is 40.5 Å². The van der Waals surface area contributed by atoms with E-state index in [-0.39, 0.29) is 11.7 Å². The number of aryl methyl sites for hydroxylation is 1. The van der Waals surface area contributed by atoms with Crippen molar-refractivity contribution >= 4 is 17.2 Å². The summed E-state index contributed by atoms with van der Waals surface area (Å²) in [4.78, 5) is 25.8. The molecule has 0 N–H and O–H groups in total. The molecule has 1 aromatic carbocycles. The largest absolute Gasteiger partial charge is 0.335 e. The maximum Gasteiger partial charge on any atom is 0.258 e. The fraction of sp³-hybridized carbons (Fsp3) is 0.280. The van der Waals surface area contributed by atoms with Crippen LogP contribution in [-0.2, 0) is 0 Å². The summed E-state index contributed by atoms with van der Waals surface area (Å²) in [5.74, 6) is 0.738. The van der Waals surface area contributed by atoms with Crippen molar-refractivity contribution in [3.63, 3.8) is 0 Å². The van der Waals surface area contributed by atoms with Gasteiger partial charge in [-0.3, -0.25) is 4.79 Å². The van der Waals surface area contributed by atoms with Gasteiger partial charge in [-0.25, -0.2) is 14.4 Å². The Hall–Kier alpha value is -3.39. The summed E-state index contributed by atoms with van der Waals surface area (Å²) in [5.41, 5.74) is 3.67. The minimum absolute atomic E-state index is 0.0303. The van der Waals surface area contributed by atoms with Gasteiger partial charge in [-0.1, -0.05) is 6.07 Å². The second-order valence-electron chi connectivity index (χ2n) is 8.79. The van der Waals surface area contributed by atoms with Crippen molar-refractivity contribution in [3.8, 4) is 27.8 Å². The quantitative estimate of drug-likeness (QED) is 0.424. The molecule has 166 valence electrons. The van der Waals surface area contributed by atoms with Crippen LogP contribution in [0.4, 0.5) is 4.39 Å². The lowest BCUT2D eigenvalue weighted by Gasteiger charge is -2.27. The topological polar surface area (TPSA) is 63.9 Å². The van der Waals surface area contributed by atoms with Gasteiger partial charge in [0.25, 0.3) is 11.9 Å². The van der Waals surface area contributed by atoms with E-state index in [0.29, 0.717) is 34.9 Å². The van der Waals surface area contributed by atoms with Crippen LogP contribution in [0.15, 0.2) is 54.2 Å². The summed E-state index contributed by atoms with van der Waals surface area (Å²) >= 11 is 1.56. The highest BCUT2D eigenvalue weighted by Gasteiger charge is 2.41. The van der Waals surface area contributed by atoms with Gasteiger partial charge < -0.3 is 4.90 Å². The van der Waals surface area contributed by atoms with Crippen LogP contribution in [0, 0.1) is 18.7 Å². The highest BCUT2D eigenvalue weighted by Crippen LogP contribution is 2.39. The molecular formula is C25H22FN5OS. The van der Waals surface area contributed by atoms with Gasteiger partial charge in [0.1, 0.15) is 11.5 Å². The van der Waals surface area contributed by atoms with Gasteiger partial charge in [0.2, 0.25) is 0 Å². The molecule has 2 fully saturated rings. The number of carbonyl (C=O) groups is 1. The average molecular weight is 460 g/mol. The SMILES string of the molecule is Cc1cnc(-n2ncc(C(=O)N3C[C@H]4CC[C@@H]3C4)c2-c2cccs2)nc1-c1ccc(F)cc1. The number of fused-ring (bicyclic) bond motifs is 2. The number of carbonyl (C=O) groups excluding carboxylic acids is 1. The lowest BCUT2D eigenvalue weighted by atomic mass is 10.1. The van der Waals surface area contributed by atoms with Crippen LogP contribution in [0.5, 0.6) is 0 Å². The van der Waals surface area contributed by atoms with Gasteiger partial charge in [0.15, 0.2) is 0 Å². The van der Waals surface area contributed by atoms with E-state index < -0.39 is 0 Å². The molecule has 1 aliphatic carbocycles. The first-order valence-corrected chi connectivity index (χ1v) is 12.0. The predicted octanol–water partition coefficient (Wildman–Crippen LogP) is 5.13. The molecule has 8 heteroatoms. The Labute approximate surface area is 194 Å². The van der Waals surface area contributed by atoms with E-state index >= 15 is 0 Å². The Bertz CT molecular complexity index is 1330. The third kappa shape index (κ3) is 3.45. The number of amides is 1. The first-order chi connectivity index (χ1) is 16.1. The molecule has 33 heavy (non-hydrogen) atoms. The maximum absolute atomic E-state index is 13.6. The van der Waals surface area contributed by atoms with Crippen LogP contribution >= 0.6 is 11.3 Å². The van der Waals surface area contributed by atoms with Gasteiger partial charge in [-0.05, 0) is 73.4 Å². The van der Waals surface area contributed by atoms with E-state index in [1.807, 2.05) is 29.3 Å². The Morgan fingerprint density at radius 3 is 2.70 bits per heavy atom. The fourth-order valence-corrected chi connectivity index (χ4v) is 5.84. The highest BCUT2D eigenvalue weighted by atomic mass is 32.1. The molecule has 6 nitrogen and oxygen atoms in total. The molecule has 1 amide bonds. The molecule has 2 bridgehead atoms. The Morgan fingerprint density at radius 2 is 2.00 bits per heavy atom. The third-order valence-electron chi connectivity index (χ3n) is 6.69. The molecule has 1 saturated carbocycles. The van der Waals surface area contributed by atoms with Crippen molar-refractivity contribution in [2.75, 3.05) is 6.54 Å². The molecule has 6 rings (SSSR count). The van der Waals surface area contributed by atoms with Crippen molar-refractivity contribution in [2.45, 2.75) is 32.2 Å². The molecule has 1 aliphatic heterocycles. The standard InChI is InChI=1S/C25H22FN5OS/c1-15-12-27-25(29-22(15)17-5-7-18(26)8-6-17)31-23(21-3-2-10-33-21)20(13-28-31)24(32)30-14-16-4-9-19(30)11-16/h2-3,5-8,10,12-13,16,19H,4,9,11,14H2,1H3/t16-,19+/m0/s1. The number of hydrogen-bond donors (Lipinski definition) is 0. The molecule has 2 aliphatic rings. The van der Waals surface area contributed by atoms with Crippen LogP contribution in [-0.4, -0.2) is 43.1 Å². The summed E-state index contributed by atoms with van der Waals surface area (Å²) in [6.07, 6.45) is 6.79. The van der Waals surface area contributed by atoms with Gasteiger partial charge in [0.05, 0.1) is 22.3 Å². The zero-order valence-electron chi connectivity index (χ0n) is 18.1. The number of thiophene rings is 1. The summed E-state index contributed by atoms with van der Waals surface area (Å²) < 4.78 is 15.1. The van der Waals surface area contributed by atoms with Crippen molar-refractivity contribution in [3.05, 3.63) is 71.1 Å². The number of aromatic nitrogens is 4. The van der Waals surface area contributed by atoms with Crippen molar-refractivity contribution in [2.24, 2.45) is 5.92 Å². The molecule has 3 aromatic heterocycles. The maximum atomic E-state index is 13.6. The van der Waals surface area contributed by atoms with Crippen molar-refractivity contribution in [1.29, 1.82) is 0 Å². The summed E-state index contributed by atoms with van der Waals surface area (Å²) in [6.45, 7) is 2.75. The van der Waals surface area contributed by atoms with Crippen LogP contribution in [0.1, 0.15) is 35.2 Å². The van der Waals surface area contributed by atoms with Crippen LogP contribution < -0.4 is 0 Å². The van der Waals surface area contributed by atoms with E-state index in [4.69, 9.17) is 4.98 Å². The number of hydrogen-bond acceptors (Lipinski definition) is 5. The minimum atomic E-state index is -0.295. The first-order valence-electron chi connectivity index (χ1n) is 11.1. The molecule has 4 aromatic rings. The number of piperidine rings is 1. The normalized spacial score (nSPS) is 19.4. The van der Waals surface area contributed by atoms with Crippen LogP contribution in [0.25, 0.3) is 27.8 Å². The number of likely N-dealkylation sites (tertiary alicyclic amines) is 1. The Morgan fingerprint density at radius 1 is 1.15 bits per heavy atom. The van der Waals surface area contributed by atoms with E-state index in [2.05, 4.69) is 10.1 Å². The molecule has 1 saturated heterocycles. The van der Waals surface area contributed by atoms with Crippen LogP contribution in [0.2, 0.25) is 0 Å². The highest BCUT2D eigenvalue weighted by molar-refractivity contribution is 7.13. The lowest BCUT2D eigenvalue weighted by molar-refractivity contribution is 0.0704. The zero-order valence-corrected chi connectivity index (χ0v) is 18.9.